The summed E-state index contributed by atoms with van der Waals surface area (Å²) in [5, 5.41) is 3.39. The molecule has 18 heavy (non-hydrogen) atoms. The lowest BCUT2D eigenvalue weighted by Crippen LogP contribution is -2.17. The Balaban J connectivity index is 1.65. The van der Waals surface area contributed by atoms with Crippen LogP contribution in [0.5, 0.6) is 0 Å². The Morgan fingerprint density at radius 3 is 2.78 bits per heavy atom. The maximum Gasteiger partial charge on any atom is 0.125 e. The van der Waals surface area contributed by atoms with Crippen LogP contribution in [0.15, 0.2) is 47.5 Å². The molecule has 0 aliphatic carbocycles. The van der Waals surface area contributed by atoms with Crippen LogP contribution < -0.4 is 5.32 Å². The van der Waals surface area contributed by atoms with E-state index < -0.39 is 0 Å². The third kappa shape index (κ3) is 4.47. The standard InChI is InChI=1S/C14H17N3S/c1-12-16-8-7-13(17-12)11-15-9-10-18-14-5-3-2-4-6-14/h2-8,15H,9-11H2,1H3. The van der Waals surface area contributed by atoms with E-state index in [1.54, 1.807) is 6.20 Å². The van der Waals surface area contributed by atoms with E-state index in [1.165, 1.54) is 4.90 Å². The van der Waals surface area contributed by atoms with Crippen molar-refractivity contribution in [3.63, 3.8) is 0 Å². The van der Waals surface area contributed by atoms with Crippen LogP contribution in [0, 0.1) is 6.92 Å². The van der Waals surface area contributed by atoms with Gasteiger partial charge in [0.05, 0.1) is 5.69 Å². The van der Waals surface area contributed by atoms with Crippen molar-refractivity contribution < 1.29 is 0 Å². The van der Waals surface area contributed by atoms with Crippen LogP contribution in [0.1, 0.15) is 11.5 Å². The number of nitrogens with one attached hydrogen (secondary N) is 1. The fourth-order valence-electron chi connectivity index (χ4n) is 1.58. The van der Waals surface area contributed by atoms with Gasteiger partial charge in [-0.2, -0.15) is 0 Å². The first-order chi connectivity index (χ1) is 8.84. The van der Waals surface area contributed by atoms with Crippen LogP contribution >= 0.6 is 11.8 Å². The molecule has 3 nitrogen and oxygen atoms in total. The van der Waals surface area contributed by atoms with Crippen molar-refractivity contribution in [3.8, 4) is 0 Å². The molecule has 4 heteroatoms. The number of hydrogen-bond donors (Lipinski definition) is 1. The minimum Gasteiger partial charge on any atom is -0.310 e. The molecule has 0 unspecified atom stereocenters. The van der Waals surface area contributed by atoms with E-state index in [1.807, 2.05) is 30.8 Å². The van der Waals surface area contributed by atoms with Crippen LogP contribution in [-0.2, 0) is 6.54 Å². The Labute approximate surface area is 112 Å². The summed E-state index contributed by atoms with van der Waals surface area (Å²) in [6.07, 6.45) is 1.80. The highest BCUT2D eigenvalue weighted by molar-refractivity contribution is 7.99. The van der Waals surface area contributed by atoms with Gasteiger partial charge in [-0.15, -0.1) is 11.8 Å². The van der Waals surface area contributed by atoms with Crippen LogP contribution in [0.25, 0.3) is 0 Å². The van der Waals surface area contributed by atoms with Crippen LogP contribution in [0.3, 0.4) is 0 Å². The minimum atomic E-state index is 0.804. The van der Waals surface area contributed by atoms with Crippen molar-refractivity contribution in [2.75, 3.05) is 12.3 Å². The summed E-state index contributed by atoms with van der Waals surface area (Å²) in [5.41, 5.74) is 1.05. The van der Waals surface area contributed by atoms with Crippen LogP contribution in [0.4, 0.5) is 0 Å². The second-order valence-electron chi connectivity index (χ2n) is 3.93. The molecule has 1 aromatic heterocycles. The first-order valence-corrected chi connectivity index (χ1v) is 7.00. The van der Waals surface area contributed by atoms with E-state index in [-0.39, 0.29) is 0 Å². The maximum atomic E-state index is 4.35. The van der Waals surface area contributed by atoms with Gasteiger partial charge >= 0.3 is 0 Å². The van der Waals surface area contributed by atoms with Gasteiger partial charge in [0.2, 0.25) is 0 Å². The normalized spacial score (nSPS) is 10.5. The lowest BCUT2D eigenvalue weighted by atomic mass is 10.4. The summed E-state index contributed by atoms with van der Waals surface area (Å²) in [7, 11) is 0. The zero-order chi connectivity index (χ0) is 12.6. The SMILES string of the molecule is Cc1nccc(CNCCSc2ccccc2)n1. The molecular weight excluding hydrogens is 242 g/mol. The average Bonchev–Trinajstić information content (AvgIpc) is 2.40. The zero-order valence-electron chi connectivity index (χ0n) is 10.5. The molecule has 0 bridgehead atoms. The Kier molecular flexibility index (Phi) is 5.17. The highest BCUT2D eigenvalue weighted by Crippen LogP contribution is 2.15. The number of thioether (sulfide) groups is 1. The molecule has 94 valence electrons. The molecule has 0 fully saturated rings. The van der Waals surface area contributed by atoms with Crippen molar-refractivity contribution in [1.82, 2.24) is 15.3 Å². The Morgan fingerprint density at radius 1 is 1.17 bits per heavy atom. The third-order valence-corrected chi connectivity index (χ3v) is 3.44. The predicted molar refractivity (Wildman–Crippen MR) is 75.6 cm³/mol. The number of aromatic nitrogens is 2. The number of benzene rings is 1. The van der Waals surface area contributed by atoms with Gasteiger partial charge in [0.15, 0.2) is 0 Å². The predicted octanol–water partition coefficient (Wildman–Crippen LogP) is 2.67. The van der Waals surface area contributed by atoms with E-state index in [2.05, 4.69) is 39.6 Å². The number of nitrogens with zero attached hydrogens (tertiary/aromatic N) is 2. The van der Waals surface area contributed by atoms with Crippen molar-refractivity contribution in [3.05, 3.63) is 54.1 Å². The average molecular weight is 259 g/mol. The quantitative estimate of drug-likeness (QED) is 0.639. The summed E-state index contributed by atoms with van der Waals surface area (Å²) < 4.78 is 0. The molecule has 0 saturated carbocycles. The van der Waals surface area contributed by atoms with Gasteiger partial charge in [0.1, 0.15) is 5.82 Å². The molecule has 1 N–H and O–H groups in total. The molecule has 0 amide bonds. The minimum absolute atomic E-state index is 0.804. The van der Waals surface area contributed by atoms with Crippen molar-refractivity contribution in [2.24, 2.45) is 0 Å². The summed E-state index contributed by atoms with van der Waals surface area (Å²) in [6.45, 7) is 3.69. The zero-order valence-corrected chi connectivity index (χ0v) is 11.3. The van der Waals surface area contributed by atoms with Gasteiger partial charge < -0.3 is 5.32 Å². The van der Waals surface area contributed by atoms with Gasteiger partial charge in [-0.05, 0) is 25.1 Å². The van der Waals surface area contributed by atoms with E-state index >= 15 is 0 Å². The summed E-state index contributed by atoms with van der Waals surface area (Å²) >= 11 is 1.86. The largest absolute Gasteiger partial charge is 0.310 e. The Hall–Kier alpha value is -1.39. The number of hydrogen-bond acceptors (Lipinski definition) is 4. The number of aryl methyl sites for hydroxylation is 1. The monoisotopic (exact) mass is 259 g/mol. The second-order valence-corrected chi connectivity index (χ2v) is 5.10. The smallest absolute Gasteiger partial charge is 0.125 e. The highest BCUT2D eigenvalue weighted by Gasteiger charge is 1.96. The molecular formula is C14H17N3S. The molecule has 1 aromatic carbocycles. The van der Waals surface area contributed by atoms with Gasteiger partial charge in [0.25, 0.3) is 0 Å². The van der Waals surface area contributed by atoms with Crippen LogP contribution in [0.2, 0.25) is 0 Å². The first kappa shape index (κ1) is 13.1. The fourth-order valence-corrected chi connectivity index (χ4v) is 2.41. The topological polar surface area (TPSA) is 37.8 Å². The molecule has 0 aliphatic heterocycles. The van der Waals surface area contributed by atoms with Gasteiger partial charge in [-0.3, -0.25) is 0 Å². The number of rotatable bonds is 6. The van der Waals surface area contributed by atoms with E-state index in [4.69, 9.17) is 0 Å². The summed E-state index contributed by atoms with van der Waals surface area (Å²) in [4.78, 5) is 9.75. The first-order valence-electron chi connectivity index (χ1n) is 6.02. The van der Waals surface area contributed by atoms with Crippen molar-refractivity contribution in [2.45, 2.75) is 18.4 Å². The lowest BCUT2D eigenvalue weighted by molar-refractivity contribution is 0.709. The molecule has 0 aliphatic rings. The summed E-state index contributed by atoms with van der Waals surface area (Å²) in [5.74, 6) is 1.89. The van der Waals surface area contributed by atoms with Crippen molar-refractivity contribution in [1.29, 1.82) is 0 Å². The third-order valence-electron chi connectivity index (χ3n) is 2.43. The molecule has 0 spiro atoms. The second kappa shape index (κ2) is 7.13. The van der Waals surface area contributed by atoms with Crippen LogP contribution in [-0.4, -0.2) is 22.3 Å². The van der Waals surface area contributed by atoms with E-state index in [9.17, 15) is 0 Å². The lowest BCUT2D eigenvalue weighted by Gasteiger charge is -2.04. The molecule has 1 heterocycles. The van der Waals surface area contributed by atoms with E-state index in [0.717, 1.165) is 30.4 Å². The fraction of sp³-hybridized carbons (Fsp3) is 0.286. The highest BCUT2D eigenvalue weighted by atomic mass is 32.2. The molecule has 0 saturated heterocycles. The Bertz CT molecular complexity index is 473. The molecule has 2 aromatic rings. The van der Waals surface area contributed by atoms with E-state index in [0.29, 0.717) is 0 Å². The molecule has 0 atom stereocenters. The summed E-state index contributed by atoms with van der Waals surface area (Å²) in [6, 6.07) is 12.4. The molecule has 0 radical (unpaired) electrons. The molecule has 2 rings (SSSR count). The Morgan fingerprint density at radius 2 is 2.00 bits per heavy atom. The van der Waals surface area contributed by atoms with Gasteiger partial charge in [-0.25, -0.2) is 9.97 Å². The van der Waals surface area contributed by atoms with Gasteiger partial charge in [0, 0.05) is 29.9 Å². The maximum absolute atomic E-state index is 4.35. The van der Waals surface area contributed by atoms with Crippen molar-refractivity contribution >= 4 is 11.8 Å². The van der Waals surface area contributed by atoms with Gasteiger partial charge in [-0.1, -0.05) is 18.2 Å².